The SMILES string of the molecule is C[C@@H]1c2nn(C)c(-c3cncc(C(F)(F)F)n3)c2CCN1C(=O)c1cc(F)cc(N2CC3(C2)CS(=O)(=O)C3)c1Cl. The first-order valence-electron chi connectivity index (χ1n) is 12.4. The van der Waals surface area contributed by atoms with Crippen LogP contribution in [0.25, 0.3) is 11.4 Å². The molecule has 0 saturated carbocycles. The monoisotopic (exact) mass is 598 g/mol. The molecule has 0 bridgehead atoms. The normalized spacial score (nSPS) is 21.1. The van der Waals surface area contributed by atoms with Crippen LogP contribution in [-0.2, 0) is 29.5 Å². The molecule has 5 heterocycles. The summed E-state index contributed by atoms with van der Waals surface area (Å²) in [5.74, 6) is -1.00. The minimum absolute atomic E-state index is 0.0162. The number of aromatic nitrogens is 4. The summed E-state index contributed by atoms with van der Waals surface area (Å²) >= 11 is 6.62. The van der Waals surface area contributed by atoms with Crippen LogP contribution < -0.4 is 4.90 Å². The molecular weight excluding hydrogens is 576 g/mol. The Hall–Kier alpha value is -3.26. The van der Waals surface area contributed by atoms with Crippen molar-refractivity contribution >= 4 is 33.0 Å². The maximum atomic E-state index is 14.7. The van der Waals surface area contributed by atoms with E-state index in [1.165, 1.54) is 21.8 Å². The predicted octanol–water partition coefficient (Wildman–Crippen LogP) is 3.68. The summed E-state index contributed by atoms with van der Waals surface area (Å²) in [6.07, 6.45) is -2.49. The van der Waals surface area contributed by atoms with Gasteiger partial charge in [-0.05, 0) is 25.5 Å². The Morgan fingerprint density at radius 2 is 1.88 bits per heavy atom. The van der Waals surface area contributed by atoms with E-state index in [0.717, 1.165) is 6.07 Å². The van der Waals surface area contributed by atoms with Crippen molar-refractivity contribution < 1.29 is 30.8 Å². The highest BCUT2D eigenvalue weighted by atomic mass is 35.5. The predicted molar refractivity (Wildman–Crippen MR) is 137 cm³/mol. The van der Waals surface area contributed by atoms with Gasteiger partial charge in [-0.1, -0.05) is 11.6 Å². The highest BCUT2D eigenvalue weighted by Crippen LogP contribution is 2.46. The first kappa shape index (κ1) is 26.9. The third-order valence-corrected chi connectivity index (χ3v) is 10.3. The van der Waals surface area contributed by atoms with E-state index in [2.05, 4.69) is 15.1 Å². The van der Waals surface area contributed by atoms with E-state index >= 15 is 0 Å². The summed E-state index contributed by atoms with van der Waals surface area (Å²) in [7, 11) is -1.45. The van der Waals surface area contributed by atoms with Gasteiger partial charge in [0.15, 0.2) is 15.5 Å². The fraction of sp³-hybridized carbons (Fsp3) is 0.440. The number of rotatable bonds is 3. The lowest BCUT2D eigenvalue weighted by Gasteiger charge is -2.56. The summed E-state index contributed by atoms with van der Waals surface area (Å²) in [4.78, 5) is 24.4. The molecule has 3 aromatic rings. The lowest BCUT2D eigenvalue weighted by atomic mass is 9.82. The van der Waals surface area contributed by atoms with Crippen molar-refractivity contribution in [2.75, 3.05) is 36.0 Å². The van der Waals surface area contributed by atoms with Crippen molar-refractivity contribution in [2.45, 2.75) is 25.6 Å². The number of carbonyl (C=O) groups excluding carboxylic acids is 1. The topological polar surface area (TPSA) is 101 Å². The molecular formula is C25H23ClF4N6O3S. The fourth-order valence-electron chi connectivity index (χ4n) is 6.08. The molecule has 2 saturated heterocycles. The molecule has 0 unspecified atom stereocenters. The molecule has 15 heteroatoms. The Labute approximate surface area is 231 Å². The third-order valence-electron chi connectivity index (χ3n) is 7.76. The second-order valence-corrected chi connectivity index (χ2v) is 13.2. The first-order valence-corrected chi connectivity index (χ1v) is 14.6. The van der Waals surface area contributed by atoms with Crippen LogP contribution in [0.15, 0.2) is 24.5 Å². The minimum atomic E-state index is -4.66. The molecule has 9 nitrogen and oxygen atoms in total. The van der Waals surface area contributed by atoms with E-state index < -0.39 is 39.5 Å². The van der Waals surface area contributed by atoms with Gasteiger partial charge in [-0.3, -0.25) is 14.5 Å². The van der Waals surface area contributed by atoms with E-state index in [4.69, 9.17) is 11.6 Å². The number of sulfone groups is 1. The summed E-state index contributed by atoms with van der Waals surface area (Å²) in [6.45, 7) is 2.73. The summed E-state index contributed by atoms with van der Waals surface area (Å²) in [6, 6.07) is 1.71. The number of hydrogen-bond donors (Lipinski definition) is 0. The Morgan fingerprint density at radius 1 is 1.18 bits per heavy atom. The van der Waals surface area contributed by atoms with Gasteiger partial charge >= 0.3 is 6.18 Å². The fourth-order valence-corrected chi connectivity index (χ4v) is 8.54. The van der Waals surface area contributed by atoms with Gasteiger partial charge in [-0.25, -0.2) is 17.8 Å². The standard InChI is InChI=1S/C25H23ClF4N6O3S/c1-13-21-15(22(34(2)33-21)17-7-31-8-19(32-17)25(28,29)30)3-4-36(13)23(37)16-5-14(27)6-18(20(16)26)35-9-24(10-35)11-40(38,39)12-24/h5-8,13H,3-4,9-12H2,1-2H3/t13-/m1/s1. The number of fused-ring (bicyclic) bond motifs is 1. The van der Waals surface area contributed by atoms with Crippen LogP contribution in [0, 0.1) is 11.2 Å². The first-order chi connectivity index (χ1) is 18.7. The van der Waals surface area contributed by atoms with Crippen molar-refractivity contribution in [3.63, 3.8) is 0 Å². The van der Waals surface area contributed by atoms with Gasteiger partial charge in [0.05, 0.1) is 57.6 Å². The zero-order chi connectivity index (χ0) is 28.8. The molecule has 3 aliphatic rings. The quantitative estimate of drug-likeness (QED) is 0.424. The number of carbonyl (C=O) groups is 1. The second kappa shape index (κ2) is 8.87. The summed E-state index contributed by atoms with van der Waals surface area (Å²) < 4.78 is 79.1. The molecule has 2 fully saturated rings. The maximum absolute atomic E-state index is 14.7. The van der Waals surface area contributed by atoms with Crippen molar-refractivity contribution in [1.29, 1.82) is 0 Å². The number of amides is 1. The highest BCUT2D eigenvalue weighted by Gasteiger charge is 2.56. The number of alkyl halides is 3. The highest BCUT2D eigenvalue weighted by molar-refractivity contribution is 7.92. The number of anilines is 1. The minimum Gasteiger partial charge on any atom is -0.369 e. The van der Waals surface area contributed by atoms with Gasteiger partial charge in [0.2, 0.25) is 0 Å². The number of nitrogens with zero attached hydrogens (tertiary/aromatic N) is 6. The lowest BCUT2D eigenvalue weighted by molar-refractivity contribution is -0.141. The average molecular weight is 599 g/mol. The molecule has 40 heavy (non-hydrogen) atoms. The van der Waals surface area contributed by atoms with Gasteiger partial charge in [-0.15, -0.1) is 0 Å². The largest absolute Gasteiger partial charge is 0.434 e. The third kappa shape index (κ3) is 4.31. The molecule has 6 rings (SSSR count). The Bertz CT molecular complexity index is 1660. The zero-order valence-electron chi connectivity index (χ0n) is 21.3. The van der Waals surface area contributed by atoms with Gasteiger partial charge in [0.25, 0.3) is 5.91 Å². The lowest BCUT2D eigenvalue weighted by Crippen LogP contribution is -2.68. The van der Waals surface area contributed by atoms with Gasteiger partial charge < -0.3 is 9.80 Å². The Balaban J connectivity index is 1.27. The van der Waals surface area contributed by atoms with Crippen LogP contribution >= 0.6 is 11.6 Å². The Morgan fingerprint density at radius 3 is 2.52 bits per heavy atom. The molecule has 0 radical (unpaired) electrons. The maximum Gasteiger partial charge on any atom is 0.434 e. The summed E-state index contributed by atoms with van der Waals surface area (Å²) in [5, 5.41) is 4.56. The van der Waals surface area contributed by atoms with Gasteiger partial charge in [-0.2, -0.15) is 18.3 Å². The van der Waals surface area contributed by atoms with E-state index in [1.807, 2.05) is 0 Å². The van der Waals surface area contributed by atoms with Crippen LogP contribution in [0.4, 0.5) is 23.2 Å². The van der Waals surface area contributed by atoms with Gasteiger partial charge in [0.1, 0.15) is 11.5 Å². The van der Waals surface area contributed by atoms with Crippen molar-refractivity contribution in [2.24, 2.45) is 12.5 Å². The van der Waals surface area contributed by atoms with Crippen molar-refractivity contribution in [1.82, 2.24) is 24.6 Å². The number of benzene rings is 1. The van der Waals surface area contributed by atoms with Crippen LogP contribution in [0.5, 0.6) is 0 Å². The van der Waals surface area contributed by atoms with Crippen LogP contribution in [0.1, 0.15) is 40.3 Å². The Kier molecular flexibility index (Phi) is 5.97. The van der Waals surface area contributed by atoms with E-state index in [1.54, 1.807) is 18.9 Å². The molecule has 0 N–H and O–H groups in total. The smallest absolute Gasteiger partial charge is 0.369 e. The van der Waals surface area contributed by atoms with Crippen LogP contribution in [-0.4, -0.2) is 70.1 Å². The van der Waals surface area contributed by atoms with Gasteiger partial charge in [0, 0.05) is 37.7 Å². The van der Waals surface area contributed by atoms with Crippen molar-refractivity contribution in [3.05, 3.63) is 57.9 Å². The molecule has 1 amide bonds. The van der Waals surface area contributed by atoms with E-state index in [0.29, 0.717) is 41.9 Å². The van der Waals surface area contributed by atoms with Crippen LogP contribution in [0.2, 0.25) is 5.02 Å². The molecule has 2 aromatic heterocycles. The molecule has 3 aliphatic heterocycles. The number of aryl methyl sites for hydroxylation is 1. The molecule has 1 atom stereocenters. The summed E-state index contributed by atoms with van der Waals surface area (Å²) in [5.41, 5.74) is 0.356. The van der Waals surface area contributed by atoms with Crippen LogP contribution in [0.3, 0.4) is 0 Å². The molecule has 1 aromatic carbocycles. The zero-order valence-corrected chi connectivity index (χ0v) is 22.9. The average Bonchev–Trinajstić information content (AvgIpc) is 3.18. The molecule has 1 spiro atoms. The molecule has 0 aliphatic carbocycles. The van der Waals surface area contributed by atoms with Crippen molar-refractivity contribution in [3.8, 4) is 11.4 Å². The number of hydrogen-bond acceptors (Lipinski definition) is 7. The van der Waals surface area contributed by atoms with E-state index in [-0.39, 0.29) is 46.2 Å². The second-order valence-electron chi connectivity index (χ2n) is 10.7. The molecule has 212 valence electrons. The number of halogens is 5. The van der Waals surface area contributed by atoms with E-state index in [9.17, 15) is 30.8 Å².